The summed E-state index contributed by atoms with van der Waals surface area (Å²) >= 11 is 0. The van der Waals surface area contributed by atoms with E-state index in [-0.39, 0.29) is 0 Å². The van der Waals surface area contributed by atoms with Crippen LogP contribution in [0.2, 0.25) is 0 Å². The van der Waals surface area contributed by atoms with E-state index in [2.05, 4.69) is 13.0 Å². The first-order valence-corrected chi connectivity index (χ1v) is 6.28. The Balaban J connectivity index is 2.41. The van der Waals surface area contributed by atoms with Crippen molar-refractivity contribution < 1.29 is 9.90 Å². The molecule has 3 nitrogen and oxygen atoms in total. The molecule has 2 aromatic rings. The number of anilines is 2. The molecule has 1 N–H and O–H groups in total. The molecule has 98 valence electrons. The fourth-order valence-corrected chi connectivity index (χ4v) is 2.12. The van der Waals surface area contributed by atoms with Crippen molar-refractivity contribution in [3.63, 3.8) is 0 Å². The first kappa shape index (κ1) is 13.1. The van der Waals surface area contributed by atoms with Crippen LogP contribution in [0.1, 0.15) is 22.8 Å². The van der Waals surface area contributed by atoms with Crippen molar-refractivity contribution in [1.29, 1.82) is 0 Å². The lowest BCUT2D eigenvalue weighted by molar-refractivity contribution is 0.0697. The fraction of sp³-hybridized carbons (Fsp3) is 0.188. The first-order valence-electron chi connectivity index (χ1n) is 6.28. The number of benzene rings is 2. The van der Waals surface area contributed by atoms with Gasteiger partial charge in [-0.3, -0.25) is 0 Å². The average molecular weight is 255 g/mol. The topological polar surface area (TPSA) is 40.5 Å². The Morgan fingerprint density at radius 1 is 1.16 bits per heavy atom. The van der Waals surface area contributed by atoms with Gasteiger partial charge < -0.3 is 10.0 Å². The molecule has 0 spiro atoms. The number of carboxylic acids is 1. The van der Waals surface area contributed by atoms with Gasteiger partial charge in [0.2, 0.25) is 0 Å². The maximum Gasteiger partial charge on any atom is 0.335 e. The van der Waals surface area contributed by atoms with E-state index in [1.807, 2.05) is 36.2 Å². The summed E-state index contributed by atoms with van der Waals surface area (Å²) in [6, 6.07) is 15.1. The van der Waals surface area contributed by atoms with Gasteiger partial charge in [0.15, 0.2) is 0 Å². The van der Waals surface area contributed by atoms with Crippen LogP contribution < -0.4 is 4.90 Å². The molecular formula is C16H17NO2. The number of hydrogen-bond donors (Lipinski definition) is 1. The second-order valence-electron chi connectivity index (χ2n) is 4.40. The highest BCUT2D eigenvalue weighted by molar-refractivity contribution is 5.89. The van der Waals surface area contributed by atoms with E-state index in [1.54, 1.807) is 18.2 Å². The summed E-state index contributed by atoms with van der Waals surface area (Å²) in [5.41, 5.74) is 3.53. The minimum Gasteiger partial charge on any atom is -0.478 e. The molecule has 0 saturated heterocycles. The molecule has 0 fully saturated rings. The molecule has 0 saturated carbocycles. The third-order valence-corrected chi connectivity index (χ3v) is 3.21. The number of rotatable bonds is 4. The average Bonchev–Trinajstić information content (AvgIpc) is 2.46. The van der Waals surface area contributed by atoms with Crippen molar-refractivity contribution in [2.24, 2.45) is 0 Å². The van der Waals surface area contributed by atoms with Gasteiger partial charge in [-0.25, -0.2) is 4.79 Å². The maximum atomic E-state index is 11.0. The minimum absolute atomic E-state index is 0.304. The van der Waals surface area contributed by atoms with Crippen molar-refractivity contribution in [3.8, 4) is 0 Å². The van der Waals surface area contributed by atoms with Crippen LogP contribution in [0.15, 0.2) is 48.5 Å². The summed E-state index contributed by atoms with van der Waals surface area (Å²) in [4.78, 5) is 13.0. The highest BCUT2D eigenvalue weighted by Crippen LogP contribution is 2.27. The molecule has 0 bridgehead atoms. The van der Waals surface area contributed by atoms with E-state index in [1.165, 1.54) is 5.56 Å². The lowest BCUT2D eigenvalue weighted by Crippen LogP contribution is -2.12. The van der Waals surface area contributed by atoms with Crippen molar-refractivity contribution in [3.05, 3.63) is 59.7 Å². The zero-order chi connectivity index (χ0) is 13.8. The van der Waals surface area contributed by atoms with Crippen molar-refractivity contribution in [2.45, 2.75) is 13.3 Å². The van der Waals surface area contributed by atoms with Crippen LogP contribution in [0.5, 0.6) is 0 Å². The van der Waals surface area contributed by atoms with Gasteiger partial charge in [-0.05, 0) is 36.2 Å². The van der Waals surface area contributed by atoms with E-state index in [0.717, 1.165) is 17.8 Å². The number of nitrogens with zero attached hydrogens (tertiary/aromatic N) is 1. The number of hydrogen-bond acceptors (Lipinski definition) is 2. The van der Waals surface area contributed by atoms with E-state index in [4.69, 9.17) is 5.11 Å². The van der Waals surface area contributed by atoms with Gasteiger partial charge in [0.1, 0.15) is 0 Å². The Morgan fingerprint density at radius 2 is 1.89 bits per heavy atom. The summed E-state index contributed by atoms with van der Waals surface area (Å²) in [7, 11) is 1.95. The second-order valence-corrected chi connectivity index (χ2v) is 4.40. The van der Waals surface area contributed by atoms with Gasteiger partial charge in [-0.15, -0.1) is 0 Å². The van der Waals surface area contributed by atoms with Crippen LogP contribution >= 0.6 is 0 Å². The fourth-order valence-electron chi connectivity index (χ4n) is 2.12. The predicted molar refractivity (Wildman–Crippen MR) is 77.3 cm³/mol. The van der Waals surface area contributed by atoms with Crippen LogP contribution in [0.3, 0.4) is 0 Å². The molecule has 0 aliphatic carbocycles. The number of aromatic carboxylic acids is 1. The molecule has 0 heterocycles. The van der Waals surface area contributed by atoms with Crippen molar-refractivity contribution in [1.82, 2.24) is 0 Å². The monoisotopic (exact) mass is 255 g/mol. The van der Waals surface area contributed by atoms with Gasteiger partial charge in [0.25, 0.3) is 0 Å². The van der Waals surface area contributed by atoms with Gasteiger partial charge in [-0.2, -0.15) is 0 Å². The quantitative estimate of drug-likeness (QED) is 0.905. The number of carboxylic acid groups (broad SMARTS) is 1. The number of aryl methyl sites for hydroxylation is 1. The normalized spacial score (nSPS) is 10.2. The molecule has 3 heteroatoms. The molecule has 2 aromatic carbocycles. The first-order chi connectivity index (χ1) is 9.13. The van der Waals surface area contributed by atoms with Crippen molar-refractivity contribution >= 4 is 17.3 Å². The zero-order valence-electron chi connectivity index (χ0n) is 11.1. The lowest BCUT2D eigenvalue weighted by atomic mass is 10.1. The molecule has 0 unspecified atom stereocenters. The van der Waals surface area contributed by atoms with Gasteiger partial charge in [0, 0.05) is 18.4 Å². The highest BCUT2D eigenvalue weighted by atomic mass is 16.4. The second kappa shape index (κ2) is 5.57. The predicted octanol–water partition coefficient (Wildman–Crippen LogP) is 3.72. The van der Waals surface area contributed by atoms with Crippen molar-refractivity contribution in [2.75, 3.05) is 11.9 Å². The van der Waals surface area contributed by atoms with E-state index in [9.17, 15) is 4.79 Å². The summed E-state index contributed by atoms with van der Waals surface area (Å²) < 4.78 is 0. The summed E-state index contributed by atoms with van der Waals surface area (Å²) in [5.74, 6) is -0.904. The van der Waals surface area contributed by atoms with E-state index >= 15 is 0 Å². The Morgan fingerprint density at radius 3 is 2.58 bits per heavy atom. The zero-order valence-corrected chi connectivity index (χ0v) is 11.1. The standard InChI is InChI=1S/C16H17NO2/c1-3-12-7-4-5-10-15(12)17(2)14-9-6-8-13(11-14)16(18)19/h4-11H,3H2,1-2H3,(H,18,19). The van der Waals surface area contributed by atoms with Crippen LogP contribution in [-0.4, -0.2) is 18.1 Å². The largest absolute Gasteiger partial charge is 0.478 e. The molecule has 0 aliphatic heterocycles. The van der Waals surface area contributed by atoms with Crippen LogP contribution in [0.25, 0.3) is 0 Å². The summed E-state index contributed by atoms with van der Waals surface area (Å²) in [6.07, 6.45) is 0.944. The minimum atomic E-state index is -0.904. The molecular weight excluding hydrogens is 238 g/mol. The van der Waals surface area contributed by atoms with Crippen LogP contribution in [0.4, 0.5) is 11.4 Å². The van der Waals surface area contributed by atoms with Crippen LogP contribution in [0, 0.1) is 0 Å². The lowest BCUT2D eigenvalue weighted by Gasteiger charge is -2.22. The van der Waals surface area contributed by atoms with Gasteiger partial charge in [-0.1, -0.05) is 31.2 Å². The maximum absolute atomic E-state index is 11.0. The SMILES string of the molecule is CCc1ccccc1N(C)c1cccc(C(=O)O)c1. The molecule has 0 atom stereocenters. The highest BCUT2D eigenvalue weighted by Gasteiger charge is 2.10. The number of carbonyl (C=O) groups is 1. The smallest absolute Gasteiger partial charge is 0.335 e. The van der Waals surface area contributed by atoms with E-state index in [0.29, 0.717) is 5.56 Å². The van der Waals surface area contributed by atoms with Gasteiger partial charge in [0.05, 0.1) is 5.56 Å². The molecule has 0 aromatic heterocycles. The third kappa shape index (κ3) is 2.76. The molecule has 0 radical (unpaired) electrons. The molecule has 0 aliphatic rings. The van der Waals surface area contributed by atoms with Gasteiger partial charge >= 0.3 is 5.97 Å². The Hall–Kier alpha value is -2.29. The van der Waals surface area contributed by atoms with Crippen LogP contribution in [-0.2, 0) is 6.42 Å². The Bertz CT molecular complexity index is 593. The van der Waals surface area contributed by atoms with E-state index < -0.39 is 5.97 Å². The molecule has 2 rings (SSSR count). The third-order valence-electron chi connectivity index (χ3n) is 3.21. The Kier molecular flexibility index (Phi) is 3.85. The summed E-state index contributed by atoms with van der Waals surface area (Å²) in [6.45, 7) is 2.11. The Labute approximate surface area is 113 Å². The molecule has 19 heavy (non-hydrogen) atoms. The summed E-state index contributed by atoms with van der Waals surface area (Å²) in [5, 5.41) is 9.04. The molecule has 0 amide bonds. The number of para-hydroxylation sites is 1.